The highest BCUT2D eigenvalue weighted by molar-refractivity contribution is 7.99. The summed E-state index contributed by atoms with van der Waals surface area (Å²) in [6, 6.07) is 7.59. The van der Waals surface area contributed by atoms with E-state index < -0.39 is 0 Å². The molecule has 8 heteroatoms. The second-order valence-electron chi connectivity index (χ2n) is 4.90. The Labute approximate surface area is 141 Å². The number of furan rings is 1. The van der Waals surface area contributed by atoms with Gasteiger partial charge in [0, 0.05) is 7.05 Å². The third kappa shape index (κ3) is 4.02. The molecule has 0 aliphatic carbocycles. The predicted octanol–water partition coefficient (Wildman–Crippen LogP) is 3.45. The quantitative estimate of drug-likeness (QED) is 0.635. The lowest BCUT2D eigenvalue weighted by molar-refractivity contribution is -0.127. The van der Waals surface area contributed by atoms with Gasteiger partial charge in [-0.1, -0.05) is 17.8 Å². The first-order valence-electron chi connectivity index (χ1n) is 6.91. The van der Waals surface area contributed by atoms with E-state index in [1.54, 1.807) is 11.9 Å². The van der Waals surface area contributed by atoms with Gasteiger partial charge in [-0.3, -0.25) is 4.79 Å². The molecule has 0 spiro atoms. The molecule has 0 unspecified atom stereocenters. The number of thioether (sulfide) groups is 1. The molecule has 3 aromatic rings. The topological polar surface area (TPSA) is 72.4 Å². The monoisotopic (exact) mass is 349 g/mol. The van der Waals surface area contributed by atoms with Gasteiger partial charge in [0.15, 0.2) is 0 Å². The lowest BCUT2D eigenvalue weighted by atomic mass is 10.4. The Bertz CT molecular complexity index is 780. The van der Waals surface area contributed by atoms with Crippen molar-refractivity contribution in [3.8, 4) is 10.8 Å². The van der Waals surface area contributed by atoms with Gasteiger partial charge in [-0.25, -0.2) is 0 Å². The van der Waals surface area contributed by atoms with Crippen LogP contribution in [0.25, 0.3) is 10.8 Å². The summed E-state index contributed by atoms with van der Waals surface area (Å²) in [6.45, 7) is 2.32. The van der Waals surface area contributed by atoms with E-state index in [2.05, 4.69) is 10.2 Å². The van der Waals surface area contributed by atoms with Gasteiger partial charge in [0.25, 0.3) is 11.1 Å². The number of amides is 1. The highest BCUT2D eigenvalue weighted by Crippen LogP contribution is 2.26. The van der Waals surface area contributed by atoms with Crippen LogP contribution in [-0.2, 0) is 11.3 Å². The molecule has 0 bridgehead atoms. The zero-order valence-electron chi connectivity index (χ0n) is 12.7. The van der Waals surface area contributed by atoms with Gasteiger partial charge >= 0.3 is 0 Å². The van der Waals surface area contributed by atoms with Crippen LogP contribution in [0.2, 0.25) is 0 Å². The highest BCUT2D eigenvalue weighted by atomic mass is 32.2. The first-order valence-corrected chi connectivity index (χ1v) is 8.78. The van der Waals surface area contributed by atoms with E-state index in [1.807, 2.05) is 36.6 Å². The van der Waals surface area contributed by atoms with E-state index in [9.17, 15) is 4.79 Å². The van der Waals surface area contributed by atoms with Crippen LogP contribution in [0.4, 0.5) is 0 Å². The molecule has 1 amide bonds. The molecule has 120 valence electrons. The fourth-order valence-corrected chi connectivity index (χ4v) is 3.24. The fraction of sp³-hybridized carbons (Fsp3) is 0.267. The van der Waals surface area contributed by atoms with Crippen molar-refractivity contribution < 1.29 is 13.6 Å². The Morgan fingerprint density at radius 1 is 1.30 bits per heavy atom. The maximum absolute atomic E-state index is 12.1. The van der Waals surface area contributed by atoms with Crippen LogP contribution < -0.4 is 0 Å². The van der Waals surface area contributed by atoms with Crippen molar-refractivity contribution >= 4 is 29.0 Å². The molecular weight excluding hydrogens is 334 g/mol. The number of thiophene rings is 1. The van der Waals surface area contributed by atoms with Crippen molar-refractivity contribution in [2.24, 2.45) is 0 Å². The van der Waals surface area contributed by atoms with Crippen LogP contribution in [-0.4, -0.2) is 33.8 Å². The lowest BCUT2D eigenvalue weighted by Gasteiger charge is -2.14. The molecule has 3 aromatic heterocycles. The maximum Gasteiger partial charge on any atom is 0.277 e. The second-order valence-corrected chi connectivity index (χ2v) is 6.78. The standard InChI is InChI=1S/C15H15N3O3S2/c1-10-5-6-11(20-10)8-18(2)13(19)9-23-15-17-16-14(21-15)12-4-3-7-22-12/h3-7H,8-9H2,1-2H3. The summed E-state index contributed by atoms with van der Waals surface area (Å²) in [5.74, 6) is 2.29. The first kappa shape index (κ1) is 15.8. The molecule has 0 saturated carbocycles. The minimum Gasteiger partial charge on any atom is -0.464 e. The summed E-state index contributed by atoms with van der Waals surface area (Å²) in [4.78, 5) is 14.7. The van der Waals surface area contributed by atoms with Crippen molar-refractivity contribution in [3.05, 3.63) is 41.2 Å². The van der Waals surface area contributed by atoms with Gasteiger partial charge in [-0.15, -0.1) is 21.5 Å². The molecule has 0 radical (unpaired) electrons. The van der Waals surface area contributed by atoms with Gasteiger partial charge in [0.2, 0.25) is 5.91 Å². The lowest BCUT2D eigenvalue weighted by Crippen LogP contribution is -2.27. The minimum atomic E-state index is -0.0278. The Kier molecular flexibility index (Phi) is 4.82. The molecule has 0 aromatic carbocycles. The van der Waals surface area contributed by atoms with Crippen LogP contribution in [0.15, 0.2) is 43.7 Å². The van der Waals surface area contributed by atoms with E-state index in [4.69, 9.17) is 8.83 Å². The highest BCUT2D eigenvalue weighted by Gasteiger charge is 2.15. The average molecular weight is 349 g/mol. The third-order valence-corrected chi connectivity index (χ3v) is 4.73. The Morgan fingerprint density at radius 3 is 2.87 bits per heavy atom. The molecule has 6 nitrogen and oxygen atoms in total. The average Bonchev–Trinajstić information content (AvgIpc) is 3.26. The second kappa shape index (κ2) is 7.01. The van der Waals surface area contributed by atoms with Crippen LogP contribution in [0.3, 0.4) is 0 Å². The van der Waals surface area contributed by atoms with Crippen LogP contribution in [0.1, 0.15) is 11.5 Å². The number of aryl methyl sites for hydroxylation is 1. The summed E-state index contributed by atoms with van der Waals surface area (Å²) in [5, 5.41) is 10.3. The predicted molar refractivity (Wildman–Crippen MR) is 88.3 cm³/mol. The van der Waals surface area contributed by atoms with E-state index in [-0.39, 0.29) is 11.7 Å². The zero-order valence-corrected chi connectivity index (χ0v) is 14.3. The minimum absolute atomic E-state index is 0.0278. The van der Waals surface area contributed by atoms with Gasteiger partial charge in [-0.2, -0.15) is 0 Å². The van der Waals surface area contributed by atoms with Gasteiger partial charge in [0.05, 0.1) is 17.2 Å². The largest absolute Gasteiger partial charge is 0.464 e. The van der Waals surface area contributed by atoms with E-state index in [1.165, 1.54) is 23.1 Å². The molecule has 0 saturated heterocycles. The molecule has 0 fully saturated rings. The van der Waals surface area contributed by atoms with E-state index in [0.29, 0.717) is 17.7 Å². The molecule has 0 aliphatic rings. The zero-order chi connectivity index (χ0) is 16.2. The van der Waals surface area contributed by atoms with Crippen molar-refractivity contribution in [3.63, 3.8) is 0 Å². The van der Waals surface area contributed by atoms with Crippen LogP contribution >= 0.6 is 23.1 Å². The summed E-state index contributed by atoms with van der Waals surface area (Å²) in [7, 11) is 1.74. The number of hydrogen-bond donors (Lipinski definition) is 0. The number of nitrogens with zero attached hydrogens (tertiary/aromatic N) is 3. The molecule has 0 aliphatic heterocycles. The number of rotatable bonds is 6. The van der Waals surface area contributed by atoms with E-state index >= 15 is 0 Å². The first-order chi connectivity index (χ1) is 11.1. The number of carbonyl (C=O) groups is 1. The van der Waals surface area contributed by atoms with Crippen molar-refractivity contribution in [1.29, 1.82) is 0 Å². The molecule has 3 rings (SSSR count). The fourth-order valence-electron chi connectivity index (χ4n) is 1.89. The number of hydrogen-bond acceptors (Lipinski definition) is 7. The summed E-state index contributed by atoms with van der Waals surface area (Å²) in [6.07, 6.45) is 0. The van der Waals surface area contributed by atoms with Crippen molar-refractivity contribution in [1.82, 2.24) is 15.1 Å². The molecule has 3 heterocycles. The molecule has 0 N–H and O–H groups in total. The van der Waals surface area contributed by atoms with E-state index in [0.717, 1.165) is 16.4 Å². The van der Waals surface area contributed by atoms with Gasteiger partial charge in [0.1, 0.15) is 11.5 Å². The maximum atomic E-state index is 12.1. The third-order valence-electron chi connectivity index (χ3n) is 3.07. The molecule has 0 atom stereocenters. The Hall–Kier alpha value is -2.06. The smallest absolute Gasteiger partial charge is 0.277 e. The molecule has 23 heavy (non-hydrogen) atoms. The van der Waals surface area contributed by atoms with Crippen LogP contribution in [0.5, 0.6) is 0 Å². The van der Waals surface area contributed by atoms with Crippen molar-refractivity contribution in [2.75, 3.05) is 12.8 Å². The summed E-state index contributed by atoms with van der Waals surface area (Å²) < 4.78 is 11.0. The summed E-state index contributed by atoms with van der Waals surface area (Å²) >= 11 is 2.76. The van der Waals surface area contributed by atoms with Crippen LogP contribution in [0, 0.1) is 6.92 Å². The van der Waals surface area contributed by atoms with Crippen molar-refractivity contribution in [2.45, 2.75) is 18.7 Å². The summed E-state index contributed by atoms with van der Waals surface area (Å²) in [5.41, 5.74) is 0. The normalized spacial score (nSPS) is 10.9. The van der Waals surface area contributed by atoms with Gasteiger partial charge in [-0.05, 0) is 30.5 Å². The number of aromatic nitrogens is 2. The SMILES string of the molecule is Cc1ccc(CN(C)C(=O)CSc2nnc(-c3cccs3)o2)o1. The Morgan fingerprint density at radius 2 is 2.17 bits per heavy atom. The van der Waals surface area contributed by atoms with Gasteiger partial charge < -0.3 is 13.7 Å². The molecular formula is C15H15N3O3S2. The number of carbonyl (C=O) groups excluding carboxylic acids is 1. The Balaban J connectivity index is 1.52.